The van der Waals surface area contributed by atoms with E-state index in [0.29, 0.717) is 16.6 Å². The van der Waals surface area contributed by atoms with Crippen LogP contribution in [0, 0.1) is 6.92 Å². The Morgan fingerprint density at radius 3 is 2.49 bits per heavy atom. The van der Waals surface area contributed by atoms with Crippen molar-refractivity contribution in [2.75, 3.05) is 18.4 Å². The van der Waals surface area contributed by atoms with Crippen LogP contribution in [0.2, 0.25) is 0 Å². The number of rotatable bonds is 7. The molecule has 2 aromatic rings. The molecule has 204 valence electrons. The molecule has 1 saturated heterocycles. The number of aryl methyl sites for hydroxylation is 1. The Kier molecular flexibility index (Phi) is 9.80. The number of nitrogens with zero attached hydrogens (tertiary/aromatic N) is 3. The lowest BCUT2D eigenvalue weighted by atomic mass is 10.1. The van der Waals surface area contributed by atoms with Gasteiger partial charge in [0.2, 0.25) is 6.41 Å². The summed E-state index contributed by atoms with van der Waals surface area (Å²) in [7, 11) is 0. The molecule has 7 nitrogen and oxygen atoms in total. The lowest BCUT2D eigenvalue weighted by molar-refractivity contribution is -0.118. The second kappa shape index (κ2) is 12.6. The van der Waals surface area contributed by atoms with E-state index in [-0.39, 0.29) is 28.3 Å². The summed E-state index contributed by atoms with van der Waals surface area (Å²) in [5.41, 5.74) is -0.0436. The van der Waals surface area contributed by atoms with Crippen molar-refractivity contribution < 1.29 is 31.5 Å². The van der Waals surface area contributed by atoms with E-state index in [4.69, 9.17) is 0 Å². The van der Waals surface area contributed by atoms with E-state index >= 15 is 0 Å². The number of nitrogens with one attached hydrogen (secondary N) is 2. The standard InChI is InChI=1S/C18H19F5N4OS.C6H11NO/c1-9-14(29-17(26-9)16(28)27-10-4-2-3-5-10)12-7-24-13(6-11(12)15(19)20)25-8-18(21,22)23;1-6-3-2-4-7(6)5-8/h6-7,10,15H,2-5,8H2,1H3,(H,24,25)(H,27,28);5-6H,2-4H2,1H3. The lowest BCUT2D eigenvalue weighted by Gasteiger charge is -2.13. The molecule has 2 N–H and O–H groups in total. The number of thiazole rings is 1. The van der Waals surface area contributed by atoms with Crippen molar-refractivity contribution >= 4 is 29.5 Å². The van der Waals surface area contributed by atoms with E-state index in [2.05, 4.69) is 22.2 Å². The minimum atomic E-state index is -4.50. The van der Waals surface area contributed by atoms with Crippen molar-refractivity contribution in [1.82, 2.24) is 20.2 Å². The summed E-state index contributed by atoms with van der Waals surface area (Å²) in [6.45, 7) is 3.25. The van der Waals surface area contributed by atoms with Crippen molar-refractivity contribution in [3.8, 4) is 10.4 Å². The number of hydrogen-bond donors (Lipinski definition) is 2. The number of pyridine rings is 1. The summed E-state index contributed by atoms with van der Waals surface area (Å²) in [6, 6.07) is 1.48. The number of likely N-dealkylation sites (tertiary alicyclic amines) is 1. The van der Waals surface area contributed by atoms with Crippen LogP contribution in [0.4, 0.5) is 27.8 Å². The smallest absolute Gasteiger partial charge is 0.361 e. The van der Waals surface area contributed by atoms with E-state index in [1.165, 1.54) is 12.8 Å². The Morgan fingerprint density at radius 1 is 1.24 bits per heavy atom. The number of hydrogen-bond acceptors (Lipinski definition) is 6. The third kappa shape index (κ3) is 8.08. The van der Waals surface area contributed by atoms with Gasteiger partial charge in [0, 0.05) is 36.0 Å². The van der Waals surface area contributed by atoms with Gasteiger partial charge >= 0.3 is 6.18 Å². The average molecular weight is 548 g/mol. The maximum Gasteiger partial charge on any atom is 0.405 e. The molecule has 13 heteroatoms. The second-order valence-corrected chi connectivity index (χ2v) is 10.1. The van der Waals surface area contributed by atoms with Gasteiger partial charge in [0.25, 0.3) is 12.3 Å². The Bertz CT molecular complexity index is 1070. The molecule has 37 heavy (non-hydrogen) atoms. The zero-order valence-corrected chi connectivity index (χ0v) is 21.4. The normalized spacial score (nSPS) is 18.1. The van der Waals surface area contributed by atoms with Crippen LogP contribution < -0.4 is 10.6 Å². The van der Waals surface area contributed by atoms with Crippen LogP contribution in [0.3, 0.4) is 0 Å². The quantitative estimate of drug-likeness (QED) is 0.342. The SMILES string of the molecule is CC1CCCN1C=O.Cc1nc(C(=O)NC2CCCC2)sc1-c1cnc(NCC(F)(F)F)cc1C(F)F. The Morgan fingerprint density at radius 2 is 1.95 bits per heavy atom. The highest BCUT2D eigenvalue weighted by atomic mass is 32.1. The Balaban J connectivity index is 0.000000405. The number of carbonyl (C=O) groups excluding carboxylic acids is 2. The highest BCUT2D eigenvalue weighted by molar-refractivity contribution is 7.17. The predicted molar refractivity (Wildman–Crippen MR) is 131 cm³/mol. The summed E-state index contributed by atoms with van der Waals surface area (Å²) in [4.78, 5) is 32.7. The van der Waals surface area contributed by atoms with Crippen LogP contribution in [-0.2, 0) is 4.79 Å². The van der Waals surface area contributed by atoms with Crippen molar-refractivity contribution in [2.24, 2.45) is 0 Å². The van der Waals surface area contributed by atoms with Gasteiger partial charge in [-0.15, -0.1) is 11.3 Å². The predicted octanol–water partition coefficient (Wildman–Crippen LogP) is 5.72. The molecule has 1 aliphatic carbocycles. The fraction of sp³-hybridized carbons (Fsp3) is 0.583. The van der Waals surface area contributed by atoms with Gasteiger partial charge in [-0.1, -0.05) is 12.8 Å². The van der Waals surface area contributed by atoms with Gasteiger partial charge in [-0.05, 0) is 45.6 Å². The molecule has 0 aromatic carbocycles. The molecular weight excluding hydrogens is 517 g/mol. The number of carbonyl (C=O) groups is 2. The number of halogens is 5. The van der Waals surface area contributed by atoms with Gasteiger partial charge in [-0.2, -0.15) is 13.2 Å². The first-order valence-corrected chi connectivity index (χ1v) is 12.9. The van der Waals surface area contributed by atoms with Gasteiger partial charge in [0.15, 0.2) is 5.01 Å². The average Bonchev–Trinajstić information content (AvgIpc) is 3.59. The van der Waals surface area contributed by atoms with E-state index in [1.54, 1.807) is 6.92 Å². The van der Waals surface area contributed by atoms with Gasteiger partial charge in [0.1, 0.15) is 12.4 Å². The molecule has 0 radical (unpaired) electrons. The summed E-state index contributed by atoms with van der Waals surface area (Å²) in [6.07, 6.45) is 0.841. The molecule has 1 aliphatic heterocycles. The third-order valence-corrected chi connectivity index (χ3v) is 7.50. The third-order valence-electron chi connectivity index (χ3n) is 6.31. The highest BCUT2D eigenvalue weighted by Gasteiger charge is 2.28. The molecule has 4 rings (SSSR count). The maximum absolute atomic E-state index is 13.6. The Labute approximate surface area is 215 Å². The van der Waals surface area contributed by atoms with E-state index in [9.17, 15) is 31.5 Å². The van der Waals surface area contributed by atoms with Gasteiger partial charge in [-0.25, -0.2) is 18.7 Å². The summed E-state index contributed by atoms with van der Waals surface area (Å²) in [5.74, 6) is -0.658. The highest BCUT2D eigenvalue weighted by Crippen LogP contribution is 2.37. The Hall–Kier alpha value is -2.83. The van der Waals surface area contributed by atoms with Crippen molar-refractivity contribution in [3.63, 3.8) is 0 Å². The number of amides is 2. The van der Waals surface area contributed by atoms with Crippen LogP contribution in [-0.4, -0.2) is 58.5 Å². The van der Waals surface area contributed by atoms with E-state index in [1.807, 2.05) is 10.2 Å². The van der Waals surface area contributed by atoms with E-state index < -0.39 is 24.7 Å². The van der Waals surface area contributed by atoms with Gasteiger partial charge < -0.3 is 15.5 Å². The first-order chi connectivity index (χ1) is 17.5. The van der Waals surface area contributed by atoms with E-state index in [0.717, 1.165) is 62.2 Å². The molecule has 0 spiro atoms. The molecule has 3 heterocycles. The molecule has 0 bridgehead atoms. The largest absolute Gasteiger partial charge is 0.405 e. The summed E-state index contributed by atoms with van der Waals surface area (Å²) >= 11 is 0.962. The zero-order valence-electron chi connectivity index (χ0n) is 20.6. The maximum atomic E-state index is 13.6. The lowest BCUT2D eigenvalue weighted by Crippen LogP contribution is -2.32. The summed E-state index contributed by atoms with van der Waals surface area (Å²) < 4.78 is 64.1. The molecule has 2 fully saturated rings. The topological polar surface area (TPSA) is 87.2 Å². The van der Waals surface area contributed by atoms with Crippen molar-refractivity contribution in [1.29, 1.82) is 0 Å². The van der Waals surface area contributed by atoms with Gasteiger partial charge in [0.05, 0.1) is 10.6 Å². The number of anilines is 1. The fourth-order valence-corrected chi connectivity index (χ4v) is 5.30. The van der Waals surface area contributed by atoms with Gasteiger partial charge in [-0.3, -0.25) is 9.59 Å². The molecule has 2 aromatic heterocycles. The molecule has 1 saturated carbocycles. The monoisotopic (exact) mass is 547 g/mol. The first kappa shape index (κ1) is 28.7. The molecular formula is C24H30F5N5O2S. The number of aromatic nitrogens is 2. The molecule has 1 unspecified atom stereocenters. The molecule has 2 amide bonds. The minimum absolute atomic E-state index is 0.0486. The second-order valence-electron chi connectivity index (χ2n) is 9.15. The summed E-state index contributed by atoms with van der Waals surface area (Å²) in [5, 5.41) is 5.04. The van der Waals surface area contributed by atoms with Crippen molar-refractivity contribution in [3.05, 3.63) is 28.5 Å². The van der Waals surface area contributed by atoms with Crippen LogP contribution in [0.15, 0.2) is 12.3 Å². The number of alkyl halides is 5. The van der Waals surface area contributed by atoms with Crippen LogP contribution in [0.25, 0.3) is 10.4 Å². The first-order valence-electron chi connectivity index (χ1n) is 12.1. The molecule has 1 atom stereocenters. The van der Waals surface area contributed by atoms with Crippen LogP contribution >= 0.6 is 11.3 Å². The van der Waals surface area contributed by atoms with Crippen LogP contribution in [0.1, 0.15) is 72.9 Å². The van der Waals surface area contributed by atoms with Crippen LogP contribution in [0.5, 0.6) is 0 Å². The van der Waals surface area contributed by atoms with Crippen molar-refractivity contribution in [2.45, 2.75) is 77.1 Å². The molecule has 2 aliphatic rings. The zero-order chi connectivity index (χ0) is 27.2. The fourth-order valence-electron chi connectivity index (χ4n) is 4.30. The minimum Gasteiger partial charge on any atom is -0.361 e.